The highest BCUT2D eigenvalue weighted by atomic mass is 16.5. The first kappa shape index (κ1) is 28.6. The number of hydrogen-bond donors (Lipinski definition) is 0. The molecular weight excluding hydrogens is 534 g/mol. The minimum Gasteiger partial charge on any atom is -0.496 e. The van der Waals surface area contributed by atoms with Crippen LogP contribution in [0.3, 0.4) is 0 Å². The molecule has 6 aromatic rings. The number of nitrogens with zero attached hydrogens (tertiary/aromatic N) is 1. The van der Waals surface area contributed by atoms with Crippen molar-refractivity contribution in [1.29, 1.82) is 0 Å². The van der Waals surface area contributed by atoms with E-state index < -0.39 is 0 Å². The maximum Gasteiger partial charge on any atom is 0.126 e. The Balaban J connectivity index is 1.49. The molecule has 0 aliphatic heterocycles. The lowest BCUT2D eigenvalue weighted by Crippen LogP contribution is -1.99. The van der Waals surface area contributed by atoms with E-state index in [-0.39, 0.29) is 12.0 Å². The van der Waals surface area contributed by atoms with Crippen molar-refractivity contribution in [2.45, 2.75) is 12.0 Å². The number of hydrogen-bond acceptors (Lipinski definition) is 2. The van der Waals surface area contributed by atoms with E-state index in [1.165, 1.54) is 11.1 Å². The van der Waals surface area contributed by atoms with Gasteiger partial charge in [-0.05, 0) is 75.0 Å². The van der Waals surface area contributed by atoms with E-state index in [0.717, 1.165) is 50.3 Å². The first-order chi connectivity index (χ1) is 21.7. The molecule has 2 heteroatoms. The van der Waals surface area contributed by atoms with Gasteiger partial charge >= 0.3 is 0 Å². The molecule has 0 saturated heterocycles. The second-order valence-electron chi connectivity index (χ2n) is 10.8. The van der Waals surface area contributed by atoms with E-state index in [1.807, 2.05) is 42.5 Å². The van der Waals surface area contributed by atoms with Crippen LogP contribution in [0.25, 0.3) is 33.4 Å². The van der Waals surface area contributed by atoms with E-state index in [1.54, 1.807) is 7.11 Å². The Morgan fingerprint density at radius 2 is 1.11 bits per heavy atom. The maximum absolute atomic E-state index is 5.81. The molecule has 6 rings (SSSR count). The van der Waals surface area contributed by atoms with Crippen molar-refractivity contribution in [2.75, 3.05) is 7.11 Å². The lowest BCUT2D eigenvalue weighted by molar-refractivity contribution is 0.416. The molecule has 2 unspecified atom stereocenters. The average Bonchev–Trinajstić information content (AvgIpc) is 3.10. The number of ether oxygens (including phenoxy) is 1. The third kappa shape index (κ3) is 5.88. The van der Waals surface area contributed by atoms with Crippen LogP contribution in [0.5, 0.6) is 5.75 Å². The summed E-state index contributed by atoms with van der Waals surface area (Å²) in [6.07, 6.45) is 2.02. The van der Waals surface area contributed by atoms with E-state index >= 15 is 0 Å². The van der Waals surface area contributed by atoms with Gasteiger partial charge in [0.1, 0.15) is 5.75 Å². The predicted molar refractivity (Wildman–Crippen MR) is 186 cm³/mol. The van der Waals surface area contributed by atoms with Gasteiger partial charge in [-0.3, -0.25) is 4.99 Å². The Kier molecular flexibility index (Phi) is 8.61. The molecule has 2 nitrogen and oxygen atoms in total. The minimum absolute atomic E-state index is 0.112. The van der Waals surface area contributed by atoms with E-state index in [2.05, 4.69) is 134 Å². The van der Waals surface area contributed by atoms with Gasteiger partial charge in [0.05, 0.1) is 13.2 Å². The van der Waals surface area contributed by atoms with E-state index in [4.69, 9.17) is 4.74 Å². The number of rotatable bonds is 10. The zero-order valence-corrected chi connectivity index (χ0v) is 24.9. The van der Waals surface area contributed by atoms with E-state index in [0.29, 0.717) is 0 Å². The maximum atomic E-state index is 5.81. The van der Waals surface area contributed by atoms with Crippen molar-refractivity contribution in [3.05, 3.63) is 187 Å². The second-order valence-corrected chi connectivity index (χ2v) is 10.8. The zero-order valence-electron chi connectivity index (χ0n) is 24.9. The number of aliphatic imine (C=N–C) groups is 1. The summed E-state index contributed by atoms with van der Waals surface area (Å²) < 4.78 is 5.81. The summed E-state index contributed by atoms with van der Waals surface area (Å²) in [6.45, 7) is 8.09. The highest BCUT2D eigenvalue weighted by Gasteiger charge is 2.17. The largest absolute Gasteiger partial charge is 0.496 e. The third-order valence-corrected chi connectivity index (χ3v) is 8.20. The fraction of sp³-hybridized carbons (Fsp3) is 0.0714. The smallest absolute Gasteiger partial charge is 0.126 e. The first-order valence-electron chi connectivity index (χ1n) is 14.9. The highest BCUT2D eigenvalue weighted by molar-refractivity contribution is 5.89. The van der Waals surface area contributed by atoms with Gasteiger partial charge in [0.2, 0.25) is 0 Å². The van der Waals surface area contributed by atoms with E-state index in [9.17, 15) is 0 Å². The fourth-order valence-electron chi connectivity index (χ4n) is 6.02. The van der Waals surface area contributed by atoms with Crippen molar-refractivity contribution in [3.8, 4) is 39.1 Å². The van der Waals surface area contributed by atoms with Crippen molar-refractivity contribution >= 4 is 6.72 Å². The molecule has 0 aliphatic carbocycles. The Hall–Kier alpha value is -5.47. The quantitative estimate of drug-likeness (QED) is 0.119. The Bertz CT molecular complexity index is 1890. The lowest BCUT2D eigenvalue weighted by Gasteiger charge is -2.18. The summed E-state index contributed by atoms with van der Waals surface area (Å²) in [7, 11) is 1.72. The van der Waals surface area contributed by atoms with Gasteiger partial charge in [-0.15, -0.1) is 6.58 Å². The van der Waals surface area contributed by atoms with Gasteiger partial charge in [0.15, 0.2) is 0 Å². The van der Waals surface area contributed by atoms with Gasteiger partial charge < -0.3 is 4.74 Å². The molecule has 214 valence electrons. The van der Waals surface area contributed by atoms with Crippen LogP contribution in [-0.2, 0) is 0 Å². The molecule has 0 radical (unpaired) electrons. The van der Waals surface area contributed by atoms with Crippen LogP contribution in [0, 0.1) is 0 Å². The number of benzene rings is 6. The number of methoxy groups -OCH3 is 1. The monoisotopic (exact) mass is 569 g/mol. The summed E-state index contributed by atoms with van der Waals surface area (Å²) >= 11 is 0. The molecular formula is C42H35NO. The fourth-order valence-corrected chi connectivity index (χ4v) is 6.02. The Morgan fingerprint density at radius 3 is 1.82 bits per heavy atom. The molecule has 44 heavy (non-hydrogen) atoms. The molecule has 0 amide bonds. The second kappa shape index (κ2) is 13.2. The van der Waals surface area contributed by atoms with Crippen molar-refractivity contribution in [1.82, 2.24) is 0 Å². The van der Waals surface area contributed by atoms with Crippen molar-refractivity contribution < 1.29 is 4.74 Å². The first-order valence-corrected chi connectivity index (χ1v) is 14.9. The summed E-state index contributed by atoms with van der Waals surface area (Å²) in [5.74, 6) is 0.952. The molecule has 0 fully saturated rings. The molecule has 0 bridgehead atoms. The lowest BCUT2D eigenvalue weighted by atomic mass is 9.87. The topological polar surface area (TPSA) is 21.6 Å². The molecule has 0 aliphatic rings. The molecule has 2 atom stereocenters. The van der Waals surface area contributed by atoms with Crippen LogP contribution < -0.4 is 4.74 Å². The van der Waals surface area contributed by atoms with Crippen molar-refractivity contribution in [2.24, 2.45) is 4.99 Å². The highest BCUT2D eigenvalue weighted by Crippen LogP contribution is 2.41. The standard InChI is InChI=1S/C42H35NO/c1-4-37(30-15-7-5-8-16-30)34-20-13-19-32(27-34)33-25-26-38(39-23-11-12-24-41(39)44-3)40(29-33)35-21-14-22-36(28-35)42(43-2)31-17-9-6-10-18-31/h4-29,37,42H,1-2H2,3H3. The van der Waals surface area contributed by atoms with Gasteiger partial charge in [0.25, 0.3) is 0 Å². The predicted octanol–water partition coefficient (Wildman–Crippen LogP) is 10.8. The minimum atomic E-state index is -0.153. The summed E-state index contributed by atoms with van der Waals surface area (Å²) in [4.78, 5) is 4.52. The Morgan fingerprint density at radius 1 is 0.523 bits per heavy atom. The van der Waals surface area contributed by atoms with Crippen LogP contribution in [0.2, 0.25) is 0 Å². The normalized spacial score (nSPS) is 12.2. The number of allylic oxidation sites excluding steroid dienone is 1. The van der Waals surface area contributed by atoms with Gasteiger partial charge in [-0.25, -0.2) is 0 Å². The van der Waals surface area contributed by atoms with Gasteiger partial charge in [-0.1, -0.05) is 140 Å². The van der Waals surface area contributed by atoms with Crippen LogP contribution in [0.1, 0.15) is 34.2 Å². The van der Waals surface area contributed by atoms with Gasteiger partial charge in [0, 0.05) is 11.5 Å². The number of para-hydroxylation sites is 1. The van der Waals surface area contributed by atoms with Gasteiger partial charge in [-0.2, -0.15) is 0 Å². The van der Waals surface area contributed by atoms with Crippen molar-refractivity contribution in [3.63, 3.8) is 0 Å². The molecule has 0 N–H and O–H groups in total. The summed E-state index contributed by atoms with van der Waals surface area (Å²) in [5, 5.41) is 0. The van der Waals surface area contributed by atoms with Crippen LogP contribution in [0.15, 0.2) is 169 Å². The van der Waals surface area contributed by atoms with Crippen LogP contribution in [0.4, 0.5) is 0 Å². The summed E-state index contributed by atoms with van der Waals surface area (Å²) in [6, 6.07) is 53.0. The molecule has 0 spiro atoms. The Labute approximate surface area is 260 Å². The molecule has 0 aromatic heterocycles. The van der Waals surface area contributed by atoms with Crippen LogP contribution >= 0.6 is 0 Å². The SMILES string of the molecule is C=CC(c1ccccc1)c1cccc(-c2ccc(-c3ccccc3OC)c(-c3cccc(C(N=C)c4ccccc4)c3)c2)c1. The molecule has 0 heterocycles. The summed E-state index contributed by atoms with van der Waals surface area (Å²) in [5.41, 5.74) is 11.3. The molecule has 6 aromatic carbocycles. The molecule has 0 saturated carbocycles. The van der Waals surface area contributed by atoms with Crippen LogP contribution in [-0.4, -0.2) is 13.8 Å². The average molecular weight is 570 g/mol. The third-order valence-electron chi connectivity index (χ3n) is 8.20. The zero-order chi connectivity index (χ0) is 30.3.